The largest absolute Gasteiger partial charge is 0.444 e. The van der Waals surface area contributed by atoms with Crippen molar-refractivity contribution in [2.45, 2.75) is 59.6 Å². The monoisotopic (exact) mass is 310 g/mol. The molecule has 0 aliphatic heterocycles. The van der Waals surface area contributed by atoms with E-state index < -0.39 is 11.7 Å². The molecule has 0 fully saturated rings. The molecule has 0 aliphatic carbocycles. The minimum absolute atomic E-state index is 0.145. The predicted molar refractivity (Wildman–Crippen MR) is 88.8 cm³/mol. The van der Waals surface area contributed by atoms with Gasteiger partial charge in [0.15, 0.2) is 0 Å². The molecule has 0 heterocycles. The van der Waals surface area contributed by atoms with Crippen LogP contribution in [0.2, 0.25) is 0 Å². The van der Waals surface area contributed by atoms with Gasteiger partial charge in [-0.3, -0.25) is 5.32 Å². The number of amides is 1. The van der Waals surface area contributed by atoms with Gasteiger partial charge in [0.1, 0.15) is 11.4 Å². The molecular weight excluding hydrogens is 283 g/mol. The second-order valence-electron chi connectivity index (χ2n) is 7.00. The lowest BCUT2D eigenvalue weighted by Gasteiger charge is -2.20. The first-order valence-corrected chi connectivity index (χ1v) is 7.63. The fourth-order valence-electron chi connectivity index (χ4n) is 2.17. The summed E-state index contributed by atoms with van der Waals surface area (Å²) in [6, 6.07) is 4.57. The third-order valence-corrected chi connectivity index (χ3v) is 2.84. The topological polar surface area (TPSA) is 50.4 Å². The first kappa shape index (κ1) is 18.3. The van der Waals surface area contributed by atoms with Crippen LogP contribution in [0, 0.1) is 11.7 Å². The molecule has 124 valence electrons. The fraction of sp³-hybridized carbons (Fsp3) is 0.588. The van der Waals surface area contributed by atoms with Crippen LogP contribution in [0.5, 0.6) is 0 Å². The normalized spacial score (nSPS) is 12.9. The Hall–Kier alpha value is -1.78. The molecule has 0 aromatic heterocycles. The van der Waals surface area contributed by atoms with E-state index >= 15 is 0 Å². The van der Waals surface area contributed by atoms with Gasteiger partial charge in [0.05, 0.1) is 5.69 Å². The summed E-state index contributed by atoms with van der Waals surface area (Å²) in [5.74, 6) is 0.180. The van der Waals surface area contributed by atoms with E-state index in [0.29, 0.717) is 17.3 Å². The number of benzene rings is 1. The highest BCUT2D eigenvalue weighted by molar-refractivity contribution is 5.85. The number of halogens is 1. The molecule has 2 N–H and O–H groups in total. The molecule has 1 aromatic carbocycles. The minimum Gasteiger partial charge on any atom is -0.444 e. The van der Waals surface area contributed by atoms with Crippen molar-refractivity contribution in [3.63, 3.8) is 0 Å². The summed E-state index contributed by atoms with van der Waals surface area (Å²) < 4.78 is 19.1. The third kappa shape index (κ3) is 6.78. The molecule has 0 radical (unpaired) electrons. The Kier molecular flexibility index (Phi) is 6.21. The lowest BCUT2D eigenvalue weighted by atomic mass is 10.0. The number of rotatable bonds is 5. The zero-order valence-corrected chi connectivity index (χ0v) is 14.3. The van der Waals surface area contributed by atoms with Gasteiger partial charge < -0.3 is 10.1 Å². The van der Waals surface area contributed by atoms with E-state index in [1.54, 1.807) is 26.8 Å². The van der Waals surface area contributed by atoms with Gasteiger partial charge >= 0.3 is 6.09 Å². The molecule has 0 spiro atoms. The Morgan fingerprint density at radius 1 is 1.27 bits per heavy atom. The van der Waals surface area contributed by atoms with Crippen LogP contribution in [0.1, 0.15) is 48.0 Å². The third-order valence-electron chi connectivity index (χ3n) is 2.84. The van der Waals surface area contributed by atoms with Crippen molar-refractivity contribution in [2.75, 3.05) is 10.6 Å². The minimum atomic E-state index is -0.572. The Balaban J connectivity index is 2.75. The van der Waals surface area contributed by atoms with Gasteiger partial charge in [-0.2, -0.15) is 0 Å². The molecule has 0 bridgehead atoms. The smallest absolute Gasteiger partial charge is 0.412 e. The van der Waals surface area contributed by atoms with Gasteiger partial charge in [0, 0.05) is 11.7 Å². The molecule has 1 amide bonds. The summed E-state index contributed by atoms with van der Waals surface area (Å²) in [5.41, 5.74) is 0.299. The number of carbonyl (C=O) groups is 1. The van der Waals surface area contributed by atoms with Crippen LogP contribution in [0.4, 0.5) is 20.6 Å². The van der Waals surface area contributed by atoms with Gasteiger partial charge in [-0.15, -0.1) is 0 Å². The van der Waals surface area contributed by atoms with Gasteiger partial charge in [0.25, 0.3) is 0 Å². The quantitative estimate of drug-likeness (QED) is 0.803. The molecule has 5 heteroatoms. The summed E-state index contributed by atoms with van der Waals surface area (Å²) in [5, 5.41) is 5.75. The number of nitrogens with one attached hydrogen (secondary N) is 2. The van der Waals surface area contributed by atoms with Crippen LogP contribution in [0.3, 0.4) is 0 Å². The van der Waals surface area contributed by atoms with Crippen LogP contribution in [-0.4, -0.2) is 17.7 Å². The van der Waals surface area contributed by atoms with E-state index in [4.69, 9.17) is 4.74 Å². The number of hydrogen-bond donors (Lipinski definition) is 2. The highest BCUT2D eigenvalue weighted by atomic mass is 19.1. The average Bonchev–Trinajstić information content (AvgIpc) is 2.29. The molecule has 1 rings (SSSR count). The number of ether oxygens (including phenoxy) is 1. The van der Waals surface area contributed by atoms with E-state index in [2.05, 4.69) is 24.5 Å². The molecule has 1 aromatic rings. The van der Waals surface area contributed by atoms with E-state index in [0.717, 1.165) is 6.42 Å². The fourth-order valence-corrected chi connectivity index (χ4v) is 2.17. The first-order valence-electron chi connectivity index (χ1n) is 7.63. The highest BCUT2D eigenvalue weighted by Gasteiger charge is 2.17. The van der Waals surface area contributed by atoms with Crippen LogP contribution >= 0.6 is 0 Å². The highest BCUT2D eigenvalue weighted by Crippen LogP contribution is 2.22. The maximum absolute atomic E-state index is 13.9. The molecular formula is C17H27FN2O2. The van der Waals surface area contributed by atoms with Gasteiger partial charge in [0.2, 0.25) is 0 Å². The number of carbonyl (C=O) groups excluding carboxylic acids is 1. The van der Waals surface area contributed by atoms with Gasteiger partial charge in [-0.25, -0.2) is 9.18 Å². The Morgan fingerprint density at radius 2 is 1.91 bits per heavy atom. The average molecular weight is 310 g/mol. The summed E-state index contributed by atoms with van der Waals surface area (Å²) in [7, 11) is 0. The molecule has 1 unspecified atom stereocenters. The van der Waals surface area contributed by atoms with Gasteiger partial charge in [-0.1, -0.05) is 13.8 Å². The maximum atomic E-state index is 13.9. The number of hydrogen-bond acceptors (Lipinski definition) is 3. The molecule has 22 heavy (non-hydrogen) atoms. The Labute approximate surface area is 132 Å². The molecule has 1 atom stereocenters. The zero-order valence-electron chi connectivity index (χ0n) is 14.3. The van der Waals surface area contributed by atoms with Crippen molar-refractivity contribution in [3.05, 3.63) is 24.0 Å². The first-order chi connectivity index (χ1) is 10.1. The zero-order chi connectivity index (χ0) is 16.9. The van der Waals surface area contributed by atoms with Crippen molar-refractivity contribution in [1.82, 2.24) is 0 Å². The molecule has 0 saturated heterocycles. The van der Waals surface area contributed by atoms with Crippen LogP contribution in [-0.2, 0) is 4.74 Å². The van der Waals surface area contributed by atoms with Crippen molar-refractivity contribution < 1.29 is 13.9 Å². The summed E-state index contributed by atoms with van der Waals surface area (Å²) in [6.45, 7) is 11.6. The van der Waals surface area contributed by atoms with E-state index in [1.807, 2.05) is 6.92 Å². The summed E-state index contributed by atoms with van der Waals surface area (Å²) >= 11 is 0. The summed E-state index contributed by atoms with van der Waals surface area (Å²) in [4.78, 5) is 11.7. The Bertz CT molecular complexity index is 510. The van der Waals surface area contributed by atoms with Crippen molar-refractivity contribution in [3.8, 4) is 0 Å². The van der Waals surface area contributed by atoms with E-state index in [9.17, 15) is 9.18 Å². The molecule has 0 saturated carbocycles. The van der Waals surface area contributed by atoms with E-state index in [1.165, 1.54) is 12.1 Å². The maximum Gasteiger partial charge on any atom is 0.412 e. The van der Waals surface area contributed by atoms with Crippen LogP contribution < -0.4 is 10.6 Å². The number of anilines is 2. The molecule has 4 nitrogen and oxygen atoms in total. The van der Waals surface area contributed by atoms with Crippen molar-refractivity contribution >= 4 is 17.5 Å². The van der Waals surface area contributed by atoms with Crippen molar-refractivity contribution in [2.24, 2.45) is 5.92 Å². The molecule has 0 aliphatic rings. The van der Waals surface area contributed by atoms with Crippen LogP contribution in [0.15, 0.2) is 18.2 Å². The van der Waals surface area contributed by atoms with Crippen LogP contribution in [0.25, 0.3) is 0 Å². The Morgan fingerprint density at radius 3 is 2.45 bits per heavy atom. The predicted octanol–water partition coefficient (Wildman–Crippen LogP) is 5.02. The van der Waals surface area contributed by atoms with Crippen molar-refractivity contribution in [1.29, 1.82) is 0 Å². The lowest BCUT2D eigenvalue weighted by Crippen LogP contribution is -2.27. The van der Waals surface area contributed by atoms with Gasteiger partial charge in [-0.05, 0) is 58.2 Å². The lowest BCUT2D eigenvalue weighted by molar-refractivity contribution is 0.0636. The second kappa shape index (κ2) is 7.47. The van der Waals surface area contributed by atoms with E-state index in [-0.39, 0.29) is 11.9 Å². The standard InChI is InChI=1S/C17H27FN2O2/c1-11(2)9-12(3)19-15-10-13(7-8-14(15)18)20-16(21)22-17(4,5)6/h7-8,10-12,19H,9H2,1-6H3,(H,20,21). The SMILES string of the molecule is CC(C)CC(C)Nc1cc(NC(=O)OC(C)(C)C)ccc1F. The second-order valence-corrected chi connectivity index (χ2v) is 7.00. The summed E-state index contributed by atoms with van der Waals surface area (Å²) in [6.07, 6.45) is 0.378.